The summed E-state index contributed by atoms with van der Waals surface area (Å²) < 4.78 is 23.6. The molecule has 0 unspecified atom stereocenters. The standard InChI is InChI=1S/C7H7.Mo.4H2N/c1-7-5-3-2-4-6-7;;;;;/h2-5H,1H3;;4*1H2/q;+4;4*-1. The van der Waals surface area contributed by atoms with Gasteiger partial charge in [-0.25, -0.2) is 0 Å². The van der Waals surface area contributed by atoms with Crippen molar-refractivity contribution in [1.82, 2.24) is 0 Å². The van der Waals surface area contributed by atoms with E-state index in [1.807, 2.05) is 25.1 Å². The van der Waals surface area contributed by atoms with Crippen molar-refractivity contribution in [2.75, 3.05) is 0 Å². The van der Waals surface area contributed by atoms with Gasteiger partial charge >= 0.3 is 73.7 Å². The van der Waals surface area contributed by atoms with Crippen LogP contribution in [0.3, 0.4) is 0 Å². The van der Waals surface area contributed by atoms with E-state index in [1.54, 1.807) is 6.07 Å². The van der Waals surface area contributed by atoms with Gasteiger partial charge in [0, 0.05) is 0 Å². The van der Waals surface area contributed by atoms with E-state index in [9.17, 15) is 0 Å². The summed E-state index contributed by atoms with van der Waals surface area (Å²) in [6, 6.07) is 7.44. The number of nitrogens with two attached hydrogens (primary N) is 4. The third-order valence-corrected chi connectivity index (χ3v) is 5.22. The Balaban J connectivity index is 3.30. The van der Waals surface area contributed by atoms with Crippen LogP contribution in [0, 0.1) is 6.92 Å². The van der Waals surface area contributed by atoms with Crippen molar-refractivity contribution in [3.8, 4) is 0 Å². The summed E-state index contributed by atoms with van der Waals surface area (Å²) in [5, 5.41) is 0. The number of aryl methyl sites for hydroxylation is 1. The van der Waals surface area contributed by atoms with E-state index in [0.29, 0.717) is 0 Å². The van der Waals surface area contributed by atoms with Crippen LogP contribution in [0.15, 0.2) is 24.3 Å². The molecule has 1 rings (SSSR count). The molecule has 0 amide bonds. The molecule has 0 bridgehead atoms. The molecule has 5 heteroatoms. The molecule has 1 aromatic carbocycles. The van der Waals surface area contributed by atoms with Crippen molar-refractivity contribution in [2.24, 2.45) is 17.2 Å². The van der Waals surface area contributed by atoms with Crippen LogP contribution in [0.2, 0.25) is 0 Å². The molecule has 0 spiro atoms. The van der Waals surface area contributed by atoms with Gasteiger partial charge in [-0.15, -0.1) is 0 Å². The fourth-order valence-corrected chi connectivity index (χ4v) is 4.05. The predicted octanol–water partition coefficient (Wildman–Crippen LogP) is -1.20. The van der Waals surface area contributed by atoms with Gasteiger partial charge in [-0.1, -0.05) is 0 Å². The van der Waals surface area contributed by atoms with Crippen LogP contribution < -0.4 is 21.1 Å². The third kappa shape index (κ3) is 2.12. The second kappa shape index (κ2) is 2.62. The summed E-state index contributed by atoms with van der Waals surface area (Å²) in [5.41, 5.74) is 0.963. The second-order valence-corrected chi connectivity index (χ2v) is 10.5. The van der Waals surface area contributed by atoms with Gasteiger partial charge in [0.15, 0.2) is 0 Å². The molecule has 4 nitrogen and oxygen atoms in total. The second-order valence-electron chi connectivity index (χ2n) is 3.05. The average molecular weight is 251 g/mol. The molecule has 8 N–H and O–H groups in total. The Labute approximate surface area is 73.9 Å². The van der Waals surface area contributed by atoms with Gasteiger partial charge in [-0.3, -0.25) is 0 Å². The van der Waals surface area contributed by atoms with Crippen LogP contribution in [0.5, 0.6) is 0 Å². The van der Waals surface area contributed by atoms with Gasteiger partial charge in [0.2, 0.25) is 0 Å². The summed E-state index contributed by atoms with van der Waals surface area (Å²) in [6.45, 7) is 1.90. The normalized spacial score (nSPS) is 15.2. The average Bonchev–Trinajstić information content (AvgIpc) is 1.84. The van der Waals surface area contributed by atoms with Gasteiger partial charge in [-0.05, 0) is 0 Å². The molecule has 0 aliphatic rings. The topological polar surface area (TPSA) is 104 Å². The molecule has 0 aliphatic carbocycles. The Hall–Kier alpha value is -0.252. The molecule has 0 heterocycles. The summed E-state index contributed by atoms with van der Waals surface area (Å²) >= 11 is -4.22. The first kappa shape index (κ1) is 9.83. The zero-order valence-electron chi connectivity index (χ0n) is 7.03. The van der Waals surface area contributed by atoms with Crippen LogP contribution in [0.1, 0.15) is 5.56 Å². The molecule has 0 atom stereocenters. The van der Waals surface area contributed by atoms with E-state index in [-0.39, 0.29) is 0 Å². The summed E-state index contributed by atoms with van der Waals surface area (Å²) in [5.74, 6) is 0. The van der Waals surface area contributed by atoms with Crippen LogP contribution in [0.25, 0.3) is 0 Å². The molecule has 0 aliphatic heterocycles. The Morgan fingerprint density at radius 2 is 1.50 bits per heavy atom. The maximum absolute atomic E-state index is 5.73. The monoisotopic (exact) mass is 253 g/mol. The Morgan fingerprint density at radius 3 is 1.83 bits per heavy atom. The molecular formula is C7H15MoN4. The first-order valence-corrected chi connectivity index (χ1v) is 9.11. The SMILES string of the molecule is Cc1cccc[c]1[Mo]([NH2])([NH2])([NH2])[NH2]. The maximum atomic E-state index is 5.73. The first-order valence-electron chi connectivity index (χ1n) is 3.47. The molecule has 0 saturated heterocycles. The van der Waals surface area contributed by atoms with Crippen LogP contribution in [-0.2, 0) is 15.8 Å². The summed E-state index contributed by atoms with van der Waals surface area (Å²) in [4.78, 5) is 0. The number of benzene rings is 1. The zero-order chi connectivity index (χ0) is 9.43. The van der Waals surface area contributed by atoms with Crippen molar-refractivity contribution in [2.45, 2.75) is 6.92 Å². The quantitative estimate of drug-likeness (QED) is 0.471. The van der Waals surface area contributed by atoms with Crippen molar-refractivity contribution in [3.63, 3.8) is 0 Å². The molecule has 0 radical (unpaired) electrons. The minimum absolute atomic E-state index is 0.733. The van der Waals surface area contributed by atoms with Crippen molar-refractivity contribution < 1.29 is 15.8 Å². The molecule has 0 saturated carbocycles. The van der Waals surface area contributed by atoms with Gasteiger partial charge in [-0.2, -0.15) is 0 Å². The Bertz CT molecular complexity index is 293. The van der Waals surface area contributed by atoms with Gasteiger partial charge in [0.1, 0.15) is 0 Å². The van der Waals surface area contributed by atoms with Crippen LogP contribution >= 0.6 is 0 Å². The summed E-state index contributed by atoms with van der Waals surface area (Å²) in [7, 11) is 0. The first-order chi connectivity index (χ1) is 5.27. The van der Waals surface area contributed by atoms with E-state index in [0.717, 1.165) is 9.52 Å². The summed E-state index contributed by atoms with van der Waals surface area (Å²) in [6.07, 6.45) is 0. The van der Waals surface area contributed by atoms with Crippen molar-refractivity contribution in [3.05, 3.63) is 29.8 Å². The Morgan fingerprint density at radius 1 is 1.00 bits per heavy atom. The van der Waals surface area contributed by atoms with E-state index in [2.05, 4.69) is 0 Å². The van der Waals surface area contributed by atoms with Gasteiger partial charge < -0.3 is 0 Å². The van der Waals surface area contributed by atoms with Crippen molar-refractivity contribution >= 4 is 3.95 Å². The molecule has 69 valence electrons. The van der Waals surface area contributed by atoms with E-state index in [1.165, 1.54) is 0 Å². The zero-order valence-corrected chi connectivity index (χ0v) is 9.03. The van der Waals surface area contributed by atoms with E-state index >= 15 is 0 Å². The van der Waals surface area contributed by atoms with Gasteiger partial charge in [0.05, 0.1) is 0 Å². The van der Waals surface area contributed by atoms with Crippen molar-refractivity contribution in [1.29, 1.82) is 0 Å². The van der Waals surface area contributed by atoms with Crippen LogP contribution in [0.4, 0.5) is 0 Å². The van der Waals surface area contributed by atoms with E-state index < -0.39 is 15.8 Å². The Kier molecular flexibility index (Phi) is 2.15. The molecule has 0 aromatic heterocycles. The minimum atomic E-state index is -4.22. The van der Waals surface area contributed by atoms with E-state index in [4.69, 9.17) is 17.2 Å². The van der Waals surface area contributed by atoms with Gasteiger partial charge in [0.25, 0.3) is 0 Å². The fourth-order valence-electron chi connectivity index (χ4n) is 1.09. The molecule has 0 fully saturated rings. The fraction of sp³-hybridized carbons (Fsp3) is 0.143. The third-order valence-electron chi connectivity index (χ3n) is 1.60. The number of hydrogen-bond donors (Lipinski definition) is 4. The predicted molar refractivity (Wildman–Crippen MR) is 47.6 cm³/mol. The van der Waals surface area contributed by atoms with Crippen LogP contribution in [-0.4, -0.2) is 0 Å². The number of hydrogen-bond acceptors (Lipinski definition) is 4. The molecular weight excluding hydrogens is 236 g/mol. The number of rotatable bonds is 1. The molecule has 12 heavy (non-hydrogen) atoms. The molecule has 1 aromatic rings.